The second kappa shape index (κ2) is 9.20. The lowest BCUT2D eigenvalue weighted by Crippen LogP contribution is -2.38. The fourth-order valence-corrected chi connectivity index (χ4v) is 2.35. The van der Waals surface area contributed by atoms with Crippen LogP contribution in [0.4, 0.5) is 0 Å². The van der Waals surface area contributed by atoms with Gasteiger partial charge in [0.15, 0.2) is 0 Å². The predicted molar refractivity (Wildman–Crippen MR) is 72.5 cm³/mol. The van der Waals surface area contributed by atoms with Crippen molar-refractivity contribution in [2.24, 2.45) is 5.92 Å². The summed E-state index contributed by atoms with van der Waals surface area (Å²) in [5.74, 6) is 0.837. The van der Waals surface area contributed by atoms with E-state index in [2.05, 4.69) is 10.6 Å². The van der Waals surface area contributed by atoms with Crippen molar-refractivity contribution < 1.29 is 9.59 Å². The number of amides is 2. The molecule has 0 radical (unpaired) electrons. The number of carbonyl (C=O) groups excluding carboxylic acids is 2. The first kappa shape index (κ1) is 15.3. The van der Waals surface area contributed by atoms with Gasteiger partial charge in [-0.15, -0.1) is 11.6 Å². The normalized spacial score (nSPS) is 16.3. The van der Waals surface area contributed by atoms with Gasteiger partial charge in [-0.1, -0.05) is 19.3 Å². The molecule has 104 valence electrons. The van der Waals surface area contributed by atoms with Crippen molar-refractivity contribution in [3.05, 3.63) is 0 Å². The van der Waals surface area contributed by atoms with Crippen molar-refractivity contribution in [2.75, 3.05) is 19.0 Å². The summed E-state index contributed by atoms with van der Waals surface area (Å²) < 4.78 is 0. The predicted octanol–water partition coefficient (Wildman–Crippen LogP) is 1.82. The Morgan fingerprint density at radius 2 is 1.72 bits per heavy atom. The zero-order valence-corrected chi connectivity index (χ0v) is 11.6. The number of alkyl halides is 1. The Bertz CT molecular complexity index is 266. The maximum Gasteiger partial charge on any atom is 0.223 e. The average molecular weight is 275 g/mol. The third-order valence-corrected chi connectivity index (χ3v) is 3.53. The lowest BCUT2D eigenvalue weighted by molar-refractivity contribution is -0.126. The zero-order chi connectivity index (χ0) is 13.2. The lowest BCUT2D eigenvalue weighted by atomic mass is 9.89. The summed E-state index contributed by atoms with van der Waals surface area (Å²) >= 11 is 5.50. The van der Waals surface area contributed by atoms with Crippen molar-refractivity contribution in [1.82, 2.24) is 10.6 Å². The molecule has 1 aliphatic carbocycles. The quantitative estimate of drug-likeness (QED) is 0.550. The molecular formula is C13H23ClN2O2. The van der Waals surface area contributed by atoms with Gasteiger partial charge in [0.1, 0.15) is 0 Å². The van der Waals surface area contributed by atoms with Crippen molar-refractivity contribution >= 4 is 23.4 Å². The first-order valence-electron chi connectivity index (χ1n) is 6.84. The van der Waals surface area contributed by atoms with Gasteiger partial charge in [-0.3, -0.25) is 9.59 Å². The van der Waals surface area contributed by atoms with Crippen molar-refractivity contribution in [3.63, 3.8) is 0 Å². The molecule has 0 bridgehead atoms. The van der Waals surface area contributed by atoms with Crippen LogP contribution in [0, 0.1) is 5.92 Å². The third kappa shape index (κ3) is 6.24. The molecule has 0 aromatic rings. The van der Waals surface area contributed by atoms with Crippen LogP contribution in [0.1, 0.15) is 44.9 Å². The molecule has 0 aliphatic heterocycles. The summed E-state index contributed by atoms with van der Waals surface area (Å²) in [6.45, 7) is 1.02. The van der Waals surface area contributed by atoms with E-state index in [1.165, 1.54) is 6.42 Å². The van der Waals surface area contributed by atoms with Gasteiger partial charge in [-0.2, -0.15) is 0 Å². The highest BCUT2D eigenvalue weighted by atomic mass is 35.5. The molecule has 1 rings (SSSR count). The van der Waals surface area contributed by atoms with Crippen LogP contribution in [-0.4, -0.2) is 30.8 Å². The molecule has 18 heavy (non-hydrogen) atoms. The summed E-state index contributed by atoms with van der Waals surface area (Å²) in [4.78, 5) is 23.0. The highest BCUT2D eigenvalue weighted by Crippen LogP contribution is 2.23. The van der Waals surface area contributed by atoms with Crippen LogP contribution in [0.2, 0.25) is 0 Å². The Balaban J connectivity index is 2.02. The number of nitrogens with one attached hydrogen (secondary N) is 2. The molecule has 0 unspecified atom stereocenters. The minimum Gasteiger partial charge on any atom is -0.354 e. The van der Waals surface area contributed by atoms with Gasteiger partial charge in [-0.05, 0) is 19.3 Å². The molecule has 0 saturated heterocycles. The maximum absolute atomic E-state index is 11.8. The van der Waals surface area contributed by atoms with E-state index < -0.39 is 0 Å². The van der Waals surface area contributed by atoms with Crippen LogP contribution >= 0.6 is 11.6 Å². The van der Waals surface area contributed by atoms with E-state index in [4.69, 9.17) is 11.6 Å². The van der Waals surface area contributed by atoms with Crippen LogP contribution in [0.15, 0.2) is 0 Å². The van der Waals surface area contributed by atoms with Crippen molar-refractivity contribution in [1.29, 1.82) is 0 Å². The van der Waals surface area contributed by atoms with E-state index in [1.54, 1.807) is 0 Å². The van der Waals surface area contributed by atoms with Gasteiger partial charge in [0.25, 0.3) is 0 Å². The molecule has 1 aliphatic rings. The smallest absolute Gasteiger partial charge is 0.223 e. The van der Waals surface area contributed by atoms with Crippen molar-refractivity contribution in [2.45, 2.75) is 44.9 Å². The summed E-state index contributed by atoms with van der Waals surface area (Å²) in [5.41, 5.74) is 0. The Kier molecular flexibility index (Phi) is 7.81. The van der Waals surface area contributed by atoms with E-state index in [-0.39, 0.29) is 17.7 Å². The Labute approximate surface area is 114 Å². The largest absolute Gasteiger partial charge is 0.354 e. The lowest BCUT2D eigenvalue weighted by Gasteiger charge is -2.20. The van der Waals surface area contributed by atoms with Gasteiger partial charge in [0, 0.05) is 31.3 Å². The van der Waals surface area contributed by atoms with E-state index >= 15 is 0 Å². The Hall–Kier alpha value is -0.770. The fourth-order valence-electron chi connectivity index (χ4n) is 2.21. The second-order valence-electron chi connectivity index (χ2n) is 4.77. The Morgan fingerprint density at radius 3 is 2.39 bits per heavy atom. The van der Waals surface area contributed by atoms with E-state index in [1.807, 2.05) is 0 Å². The molecule has 5 heteroatoms. The van der Waals surface area contributed by atoms with Crippen LogP contribution in [0.3, 0.4) is 0 Å². The molecule has 1 fully saturated rings. The van der Waals surface area contributed by atoms with Gasteiger partial charge in [-0.25, -0.2) is 0 Å². The third-order valence-electron chi connectivity index (χ3n) is 3.26. The first-order valence-corrected chi connectivity index (χ1v) is 7.38. The van der Waals surface area contributed by atoms with Crippen LogP contribution < -0.4 is 10.6 Å². The van der Waals surface area contributed by atoms with E-state index in [0.29, 0.717) is 31.8 Å². The number of hydrogen-bond acceptors (Lipinski definition) is 2. The van der Waals surface area contributed by atoms with Crippen LogP contribution in [-0.2, 0) is 9.59 Å². The summed E-state index contributed by atoms with van der Waals surface area (Å²) in [6, 6.07) is 0. The van der Waals surface area contributed by atoms with Gasteiger partial charge in [0.2, 0.25) is 11.8 Å². The summed E-state index contributed by atoms with van der Waals surface area (Å²) in [5, 5.41) is 5.65. The number of halogens is 1. The molecule has 0 spiro atoms. The summed E-state index contributed by atoms with van der Waals surface area (Å²) in [6.07, 6.45) is 6.74. The Morgan fingerprint density at radius 1 is 1.06 bits per heavy atom. The topological polar surface area (TPSA) is 58.2 Å². The number of carbonyl (C=O) groups is 2. The van der Waals surface area contributed by atoms with Crippen molar-refractivity contribution in [3.8, 4) is 0 Å². The first-order chi connectivity index (χ1) is 8.74. The molecule has 2 amide bonds. The molecule has 0 atom stereocenters. The highest BCUT2D eigenvalue weighted by Gasteiger charge is 2.20. The average Bonchev–Trinajstić information content (AvgIpc) is 2.42. The molecule has 0 aromatic heterocycles. The van der Waals surface area contributed by atoms with E-state index in [0.717, 1.165) is 25.7 Å². The molecule has 1 saturated carbocycles. The number of rotatable bonds is 7. The fraction of sp³-hybridized carbons (Fsp3) is 0.846. The molecule has 0 aromatic carbocycles. The SMILES string of the molecule is O=C(CCCCl)NCCNC(=O)C1CCCCC1. The van der Waals surface area contributed by atoms with Gasteiger partial charge in [0.05, 0.1) is 0 Å². The zero-order valence-electron chi connectivity index (χ0n) is 10.8. The molecular weight excluding hydrogens is 252 g/mol. The van der Waals surface area contributed by atoms with E-state index in [9.17, 15) is 9.59 Å². The minimum atomic E-state index is 0.00238. The van der Waals surface area contributed by atoms with Gasteiger partial charge < -0.3 is 10.6 Å². The van der Waals surface area contributed by atoms with Crippen LogP contribution in [0.25, 0.3) is 0 Å². The maximum atomic E-state index is 11.8. The second-order valence-corrected chi connectivity index (χ2v) is 5.15. The standard InChI is InChI=1S/C13H23ClN2O2/c14-8-4-7-12(17)15-9-10-16-13(18)11-5-2-1-3-6-11/h11H,1-10H2,(H,15,17)(H,16,18). The van der Waals surface area contributed by atoms with Crippen LogP contribution in [0.5, 0.6) is 0 Å². The summed E-state index contributed by atoms with van der Waals surface area (Å²) in [7, 11) is 0. The monoisotopic (exact) mass is 274 g/mol. The van der Waals surface area contributed by atoms with Gasteiger partial charge >= 0.3 is 0 Å². The highest BCUT2D eigenvalue weighted by molar-refractivity contribution is 6.17. The molecule has 2 N–H and O–H groups in total. The minimum absolute atomic E-state index is 0.00238. The molecule has 4 nitrogen and oxygen atoms in total. The molecule has 0 heterocycles. The number of hydrogen-bond donors (Lipinski definition) is 2.